The fourth-order valence-electron chi connectivity index (χ4n) is 7.58. The van der Waals surface area contributed by atoms with E-state index in [9.17, 15) is 9.59 Å². The van der Waals surface area contributed by atoms with Gasteiger partial charge in [0.1, 0.15) is 0 Å². The standard InChI is InChI=1S/C51H90N4O5/c1-5-9-13-16-19-22-25-28-31-34-38-58-46-41-44(45-43-48(56)54-50(53-45)55-51(57)52-37-12-8-4)42-47(59-39-35-32-29-26-23-20-17-14-10-6-2)49(46)60-40-36-33-30-27-24-21-18-15-11-7-3/h41-43H,5-40H2,1-4H3,(H3,52,53,54,55,56,57). The van der Waals surface area contributed by atoms with Crippen LogP contribution in [-0.4, -0.2) is 42.4 Å². The molecule has 1 aromatic carbocycles. The molecule has 0 radical (unpaired) electrons. The molecule has 344 valence electrons. The number of rotatable bonds is 41. The van der Waals surface area contributed by atoms with E-state index in [1.165, 1.54) is 160 Å². The molecule has 2 amide bonds. The van der Waals surface area contributed by atoms with E-state index in [-0.39, 0.29) is 11.5 Å². The van der Waals surface area contributed by atoms with E-state index in [4.69, 9.17) is 14.2 Å². The minimum absolute atomic E-state index is 0.0912. The Balaban J connectivity index is 2.20. The van der Waals surface area contributed by atoms with Crippen LogP contribution < -0.4 is 30.4 Å². The van der Waals surface area contributed by atoms with Crippen molar-refractivity contribution in [2.45, 2.75) is 233 Å². The van der Waals surface area contributed by atoms with E-state index < -0.39 is 6.03 Å². The summed E-state index contributed by atoms with van der Waals surface area (Å²) in [6, 6.07) is 4.90. The first-order chi connectivity index (χ1) is 29.5. The molecule has 0 bridgehead atoms. The highest BCUT2D eigenvalue weighted by atomic mass is 16.5. The summed E-state index contributed by atoms with van der Waals surface area (Å²) in [4.78, 5) is 32.8. The Morgan fingerprint density at radius 3 is 1.27 bits per heavy atom. The Morgan fingerprint density at radius 1 is 0.500 bits per heavy atom. The van der Waals surface area contributed by atoms with Crippen LogP contribution >= 0.6 is 0 Å². The van der Waals surface area contributed by atoms with E-state index >= 15 is 0 Å². The summed E-state index contributed by atoms with van der Waals surface area (Å²) < 4.78 is 19.7. The summed E-state index contributed by atoms with van der Waals surface area (Å²) in [5, 5.41) is 5.53. The number of benzene rings is 1. The number of aromatic amines is 1. The first-order valence-corrected chi connectivity index (χ1v) is 25.2. The molecule has 2 rings (SSSR count). The van der Waals surface area contributed by atoms with Crippen LogP contribution in [-0.2, 0) is 0 Å². The Bertz CT molecular complexity index is 1330. The first kappa shape index (κ1) is 52.9. The normalized spacial score (nSPS) is 11.2. The molecule has 9 heteroatoms. The molecule has 0 saturated heterocycles. The van der Waals surface area contributed by atoms with Crippen molar-refractivity contribution >= 4 is 12.0 Å². The summed E-state index contributed by atoms with van der Waals surface area (Å²) in [7, 11) is 0. The number of nitrogens with one attached hydrogen (secondary N) is 3. The molecule has 9 nitrogen and oxygen atoms in total. The summed E-state index contributed by atoms with van der Waals surface area (Å²) >= 11 is 0. The smallest absolute Gasteiger partial charge is 0.321 e. The molecule has 0 atom stereocenters. The summed E-state index contributed by atoms with van der Waals surface area (Å²) in [6.07, 6.45) is 39.6. The molecular formula is C51H90N4O5. The van der Waals surface area contributed by atoms with Crippen LogP contribution in [0.4, 0.5) is 10.7 Å². The van der Waals surface area contributed by atoms with Gasteiger partial charge in [0.25, 0.3) is 5.56 Å². The average molecular weight is 839 g/mol. The highest BCUT2D eigenvalue weighted by Crippen LogP contribution is 2.42. The van der Waals surface area contributed by atoms with E-state index in [1.54, 1.807) is 0 Å². The lowest BCUT2D eigenvalue weighted by atomic mass is 10.1. The van der Waals surface area contributed by atoms with Crippen LogP contribution in [0.3, 0.4) is 0 Å². The number of carbonyl (C=O) groups is 1. The number of ether oxygens (including phenoxy) is 3. The number of hydrogen-bond donors (Lipinski definition) is 3. The number of H-pyrrole nitrogens is 1. The van der Waals surface area contributed by atoms with Crippen LogP contribution in [0.2, 0.25) is 0 Å². The van der Waals surface area contributed by atoms with Gasteiger partial charge in [-0.05, 0) is 37.8 Å². The number of urea groups is 1. The molecule has 1 aromatic heterocycles. The number of amides is 2. The van der Waals surface area contributed by atoms with Crippen molar-refractivity contribution in [3.8, 4) is 28.5 Å². The monoisotopic (exact) mass is 839 g/mol. The van der Waals surface area contributed by atoms with Crippen molar-refractivity contribution in [2.24, 2.45) is 0 Å². The van der Waals surface area contributed by atoms with Gasteiger partial charge in [0.2, 0.25) is 11.7 Å². The molecule has 0 saturated carbocycles. The zero-order valence-electron chi connectivity index (χ0n) is 39.2. The Hall–Kier alpha value is -3.23. The second kappa shape index (κ2) is 37.5. The Morgan fingerprint density at radius 2 is 0.867 bits per heavy atom. The lowest BCUT2D eigenvalue weighted by molar-refractivity contribution is 0.234. The minimum Gasteiger partial charge on any atom is -0.490 e. The number of hydrogen-bond acceptors (Lipinski definition) is 6. The molecule has 1 heterocycles. The molecular weight excluding hydrogens is 749 g/mol. The van der Waals surface area contributed by atoms with Gasteiger partial charge < -0.3 is 19.5 Å². The third-order valence-corrected chi connectivity index (χ3v) is 11.4. The topological polar surface area (TPSA) is 115 Å². The Kier molecular flexibility index (Phi) is 33.1. The minimum atomic E-state index is -0.402. The lowest BCUT2D eigenvalue weighted by Crippen LogP contribution is -2.31. The van der Waals surface area contributed by atoms with Crippen LogP contribution in [0.15, 0.2) is 23.0 Å². The largest absolute Gasteiger partial charge is 0.490 e. The van der Waals surface area contributed by atoms with Gasteiger partial charge in [-0.2, -0.15) is 0 Å². The summed E-state index contributed by atoms with van der Waals surface area (Å²) in [5.41, 5.74) is 0.750. The Labute approximate surface area is 367 Å². The van der Waals surface area contributed by atoms with Crippen LogP contribution in [0.1, 0.15) is 233 Å². The van der Waals surface area contributed by atoms with Crippen LogP contribution in [0, 0.1) is 0 Å². The third kappa shape index (κ3) is 26.9. The SMILES string of the molecule is CCCCCCCCCCCCOc1cc(-c2cc(=O)[nH]c(NC(=O)NCCCC)n2)cc(OCCCCCCCCCCCC)c1OCCCCCCCCCCCC. The van der Waals surface area contributed by atoms with Crippen molar-refractivity contribution < 1.29 is 19.0 Å². The number of unbranched alkanes of at least 4 members (excludes halogenated alkanes) is 28. The fraction of sp³-hybridized carbons (Fsp3) is 0.784. The van der Waals surface area contributed by atoms with Gasteiger partial charge in [0, 0.05) is 18.2 Å². The van der Waals surface area contributed by atoms with Crippen molar-refractivity contribution in [1.82, 2.24) is 15.3 Å². The van der Waals surface area contributed by atoms with E-state index in [2.05, 4.69) is 48.3 Å². The van der Waals surface area contributed by atoms with Gasteiger partial charge >= 0.3 is 6.03 Å². The van der Waals surface area contributed by atoms with Gasteiger partial charge in [0.15, 0.2) is 11.5 Å². The van der Waals surface area contributed by atoms with Gasteiger partial charge in [0.05, 0.1) is 25.5 Å². The van der Waals surface area contributed by atoms with Crippen molar-refractivity contribution in [3.63, 3.8) is 0 Å². The van der Waals surface area contributed by atoms with E-state index in [0.717, 1.165) is 51.4 Å². The average Bonchev–Trinajstić information content (AvgIpc) is 3.24. The van der Waals surface area contributed by atoms with Crippen LogP contribution in [0.5, 0.6) is 17.2 Å². The van der Waals surface area contributed by atoms with Crippen LogP contribution in [0.25, 0.3) is 11.3 Å². The van der Waals surface area contributed by atoms with Crippen molar-refractivity contribution in [1.29, 1.82) is 0 Å². The second-order valence-corrected chi connectivity index (χ2v) is 17.1. The number of anilines is 1. The molecule has 2 aromatic rings. The highest BCUT2D eigenvalue weighted by molar-refractivity contribution is 5.87. The summed E-state index contributed by atoms with van der Waals surface area (Å²) in [5.74, 6) is 1.95. The van der Waals surface area contributed by atoms with Gasteiger partial charge in [-0.1, -0.05) is 207 Å². The molecule has 0 spiro atoms. The zero-order valence-corrected chi connectivity index (χ0v) is 39.2. The van der Waals surface area contributed by atoms with Crippen molar-refractivity contribution in [3.05, 3.63) is 28.6 Å². The number of aromatic nitrogens is 2. The lowest BCUT2D eigenvalue weighted by Gasteiger charge is -2.19. The molecule has 0 aliphatic rings. The quantitative estimate of drug-likeness (QED) is 0.0575. The second-order valence-electron chi connectivity index (χ2n) is 17.1. The molecule has 60 heavy (non-hydrogen) atoms. The highest BCUT2D eigenvalue weighted by Gasteiger charge is 2.19. The molecule has 0 fully saturated rings. The fourth-order valence-corrected chi connectivity index (χ4v) is 7.58. The maximum Gasteiger partial charge on any atom is 0.321 e. The maximum atomic E-state index is 12.9. The van der Waals surface area contributed by atoms with Gasteiger partial charge in [-0.3, -0.25) is 15.1 Å². The van der Waals surface area contributed by atoms with Gasteiger partial charge in [-0.25, -0.2) is 9.78 Å². The third-order valence-electron chi connectivity index (χ3n) is 11.4. The van der Waals surface area contributed by atoms with E-state index in [0.29, 0.717) is 54.9 Å². The van der Waals surface area contributed by atoms with Gasteiger partial charge in [-0.15, -0.1) is 0 Å². The molecule has 3 N–H and O–H groups in total. The summed E-state index contributed by atoms with van der Waals surface area (Å²) in [6.45, 7) is 11.2. The van der Waals surface area contributed by atoms with E-state index in [1.807, 2.05) is 12.1 Å². The number of nitrogens with zero attached hydrogens (tertiary/aromatic N) is 1. The van der Waals surface area contributed by atoms with Crippen molar-refractivity contribution in [2.75, 3.05) is 31.7 Å². The maximum absolute atomic E-state index is 12.9. The predicted octanol–water partition coefficient (Wildman–Crippen LogP) is 15.3. The molecule has 0 aliphatic heterocycles. The molecule has 0 aliphatic carbocycles. The number of carbonyl (C=O) groups excluding carboxylic acids is 1. The molecule has 0 unspecified atom stereocenters. The zero-order chi connectivity index (χ0) is 43.1. The predicted molar refractivity (Wildman–Crippen MR) is 254 cm³/mol. The first-order valence-electron chi connectivity index (χ1n) is 25.2.